The maximum absolute atomic E-state index is 13.1. The highest BCUT2D eigenvalue weighted by atomic mass is 19.4. The Labute approximate surface area is 174 Å². The van der Waals surface area contributed by atoms with E-state index >= 15 is 0 Å². The molecule has 4 rings (SSSR count). The van der Waals surface area contributed by atoms with Gasteiger partial charge in [-0.3, -0.25) is 9.59 Å². The Morgan fingerprint density at radius 2 is 1.23 bits per heavy atom. The van der Waals surface area contributed by atoms with Gasteiger partial charge in [0, 0.05) is 42.7 Å². The zero-order valence-electron chi connectivity index (χ0n) is 17.6. The highest BCUT2D eigenvalue weighted by Gasteiger charge is 2.47. The fourth-order valence-electron chi connectivity index (χ4n) is 4.87. The molecule has 30 heavy (non-hydrogen) atoms. The van der Waals surface area contributed by atoms with Gasteiger partial charge in [0.25, 0.3) is 0 Å². The molecule has 0 fully saturated rings. The Bertz CT molecular complexity index is 940. The van der Waals surface area contributed by atoms with E-state index in [1.807, 2.05) is 27.7 Å². The van der Waals surface area contributed by atoms with E-state index in [0.717, 1.165) is 12.1 Å². The molecule has 0 bridgehead atoms. The van der Waals surface area contributed by atoms with Gasteiger partial charge in [-0.25, -0.2) is 0 Å². The minimum absolute atomic E-state index is 0.102. The van der Waals surface area contributed by atoms with Gasteiger partial charge in [0.1, 0.15) is 11.5 Å². The smallest absolute Gasteiger partial charge is 0.416 e. The fraction of sp³-hybridized carbons (Fsp3) is 0.500. The predicted molar refractivity (Wildman–Crippen MR) is 105 cm³/mol. The average molecular weight is 418 g/mol. The molecule has 0 aromatic heterocycles. The first-order chi connectivity index (χ1) is 13.8. The number of ketones is 2. The van der Waals surface area contributed by atoms with Gasteiger partial charge in [0.2, 0.25) is 0 Å². The molecule has 0 spiro atoms. The van der Waals surface area contributed by atoms with Crippen LogP contribution in [0, 0.1) is 10.8 Å². The second-order valence-corrected chi connectivity index (χ2v) is 10.2. The summed E-state index contributed by atoms with van der Waals surface area (Å²) in [6, 6.07) is 4.79. The van der Waals surface area contributed by atoms with Crippen molar-refractivity contribution in [2.75, 3.05) is 0 Å². The zero-order chi connectivity index (χ0) is 22.1. The van der Waals surface area contributed by atoms with Crippen LogP contribution in [0.3, 0.4) is 0 Å². The van der Waals surface area contributed by atoms with Gasteiger partial charge < -0.3 is 4.74 Å². The first kappa shape index (κ1) is 20.9. The topological polar surface area (TPSA) is 43.4 Å². The Kier molecular flexibility index (Phi) is 4.57. The third-order valence-electron chi connectivity index (χ3n) is 6.15. The fourth-order valence-corrected chi connectivity index (χ4v) is 4.87. The molecule has 1 aromatic carbocycles. The summed E-state index contributed by atoms with van der Waals surface area (Å²) in [6.07, 6.45) is -2.71. The summed E-state index contributed by atoms with van der Waals surface area (Å²) >= 11 is 0. The van der Waals surface area contributed by atoms with Crippen LogP contribution in [0.25, 0.3) is 0 Å². The van der Waals surface area contributed by atoms with Crippen molar-refractivity contribution < 1.29 is 27.5 Å². The van der Waals surface area contributed by atoms with E-state index in [0.29, 0.717) is 53.9 Å². The maximum atomic E-state index is 13.1. The van der Waals surface area contributed by atoms with Crippen LogP contribution >= 0.6 is 0 Å². The van der Waals surface area contributed by atoms with E-state index in [1.165, 1.54) is 12.1 Å². The summed E-state index contributed by atoms with van der Waals surface area (Å²) in [4.78, 5) is 26.2. The zero-order valence-corrected chi connectivity index (χ0v) is 17.6. The number of rotatable bonds is 1. The van der Waals surface area contributed by atoms with Gasteiger partial charge in [-0.1, -0.05) is 39.8 Å². The van der Waals surface area contributed by atoms with Gasteiger partial charge in [-0.15, -0.1) is 0 Å². The standard InChI is InChI=1S/C24H25F3O3/c1-22(2)9-15(28)20-17(11-22)30-18-12-23(3,4)10-16(29)21(18)19(20)13-5-7-14(8-6-13)24(25,26)27/h5-8,19H,9-12H2,1-4H3. The number of Topliss-reactive ketones (excluding diaryl/α,β-unsaturated/α-hetero) is 2. The molecular weight excluding hydrogens is 393 g/mol. The van der Waals surface area contributed by atoms with Crippen molar-refractivity contribution in [2.24, 2.45) is 10.8 Å². The van der Waals surface area contributed by atoms with E-state index in [2.05, 4.69) is 0 Å². The molecule has 0 unspecified atom stereocenters. The number of alkyl halides is 3. The van der Waals surface area contributed by atoms with E-state index in [1.54, 1.807) is 0 Å². The van der Waals surface area contributed by atoms with Crippen molar-refractivity contribution in [3.8, 4) is 0 Å². The van der Waals surface area contributed by atoms with Gasteiger partial charge in [-0.2, -0.15) is 13.2 Å². The molecular formula is C24H25F3O3. The molecule has 0 saturated carbocycles. The highest BCUT2D eigenvalue weighted by molar-refractivity contribution is 6.06. The van der Waals surface area contributed by atoms with Crippen LogP contribution < -0.4 is 0 Å². The number of ether oxygens (including phenoxy) is 1. The summed E-state index contributed by atoms with van der Waals surface area (Å²) < 4.78 is 45.3. The van der Waals surface area contributed by atoms with Gasteiger partial charge in [-0.05, 0) is 28.5 Å². The Hall–Kier alpha value is -2.37. The van der Waals surface area contributed by atoms with Crippen LogP contribution in [0.2, 0.25) is 0 Å². The second kappa shape index (κ2) is 6.56. The molecule has 3 nitrogen and oxygen atoms in total. The predicted octanol–water partition coefficient (Wildman–Crippen LogP) is 6.11. The molecule has 0 saturated heterocycles. The lowest BCUT2D eigenvalue weighted by atomic mass is 9.65. The highest BCUT2D eigenvalue weighted by Crippen LogP contribution is 2.53. The van der Waals surface area contributed by atoms with Crippen molar-refractivity contribution in [3.05, 3.63) is 58.1 Å². The van der Waals surface area contributed by atoms with Crippen molar-refractivity contribution in [2.45, 2.75) is 65.5 Å². The maximum Gasteiger partial charge on any atom is 0.416 e. The van der Waals surface area contributed by atoms with Gasteiger partial charge in [0.05, 0.1) is 5.56 Å². The van der Waals surface area contributed by atoms with Crippen LogP contribution in [0.1, 0.15) is 70.4 Å². The quantitative estimate of drug-likeness (QED) is 0.553. The summed E-state index contributed by atoms with van der Waals surface area (Å²) in [6.45, 7) is 7.96. The molecule has 2 aliphatic carbocycles. The molecule has 0 radical (unpaired) electrons. The van der Waals surface area contributed by atoms with E-state index in [9.17, 15) is 22.8 Å². The third-order valence-corrected chi connectivity index (χ3v) is 6.15. The van der Waals surface area contributed by atoms with E-state index < -0.39 is 17.7 Å². The molecule has 160 valence electrons. The van der Waals surface area contributed by atoms with E-state index in [-0.39, 0.29) is 22.4 Å². The number of hydrogen-bond acceptors (Lipinski definition) is 3. The lowest BCUT2D eigenvalue weighted by Crippen LogP contribution is -2.37. The van der Waals surface area contributed by atoms with Crippen molar-refractivity contribution in [1.82, 2.24) is 0 Å². The summed E-state index contributed by atoms with van der Waals surface area (Å²) in [5.74, 6) is 0.250. The lowest BCUT2D eigenvalue weighted by Gasteiger charge is -2.42. The molecule has 0 N–H and O–H groups in total. The van der Waals surface area contributed by atoms with Crippen molar-refractivity contribution in [3.63, 3.8) is 0 Å². The summed E-state index contributed by atoms with van der Waals surface area (Å²) in [5.41, 5.74) is 0.0860. The Balaban J connectivity index is 1.87. The SMILES string of the molecule is CC1(C)CC(=O)C2=C(C1)OC1=C(C(=O)CC(C)(C)C1)C2c1ccc(C(F)(F)F)cc1. The molecule has 1 aromatic rings. The molecule has 1 heterocycles. The van der Waals surface area contributed by atoms with E-state index in [4.69, 9.17) is 4.74 Å². The van der Waals surface area contributed by atoms with Gasteiger partial charge in [0.15, 0.2) is 11.6 Å². The summed E-state index contributed by atoms with van der Waals surface area (Å²) in [7, 11) is 0. The molecule has 1 aliphatic heterocycles. The third kappa shape index (κ3) is 3.61. The number of carbonyl (C=O) groups is 2. The first-order valence-electron chi connectivity index (χ1n) is 10.1. The number of halogens is 3. The monoisotopic (exact) mass is 418 g/mol. The molecule has 3 aliphatic rings. The second-order valence-electron chi connectivity index (χ2n) is 10.2. The minimum Gasteiger partial charge on any atom is -0.465 e. The van der Waals surface area contributed by atoms with Crippen LogP contribution in [0.5, 0.6) is 0 Å². The average Bonchev–Trinajstić information content (AvgIpc) is 2.57. The number of hydrogen-bond donors (Lipinski definition) is 0. The normalized spacial score (nSPS) is 23.8. The van der Waals surface area contributed by atoms with Crippen molar-refractivity contribution >= 4 is 11.6 Å². The number of carbonyl (C=O) groups excluding carboxylic acids is 2. The van der Waals surface area contributed by atoms with Crippen LogP contribution in [-0.2, 0) is 20.5 Å². The molecule has 0 amide bonds. The van der Waals surface area contributed by atoms with Crippen molar-refractivity contribution in [1.29, 1.82) is 0 Å². The Morgan fingerprint density at radius 3 is 1.63 bits per heavy atom. The van der Waals surface area contributed by atoms with Crippen LogP contribution in [0.4, 0.5) is 13.2 Å². The molecule has 6 heteroatoms. The van der Waals surface area contributed by atoms with Crippen LogP contribution in [0.15, 0.2) is 46.9 Å². The largest absolute Gasteiger partial charge is 0.465 e. The number of benzene rings is 1. The minimum atomic E-state index is -4.45. The number of allylic oxidation sites excluding steroid dienone is 4. The Morgan fingerprint density at radius 1 is 0.800 bits per heavy atom. The molecule has 0 atom stereocenters. The lowest BCUT2D eigenvalue weighted by molar-refractivity contribution is -0.137. The summed E-state index contributed by atoms with van der Waals surface area (Å²) in [5, 5.41) is 0. The van der Waals surface area contributed by atoms with Crippen LogP contribution in [-0.4, -0.2) is 11.6 Å². The van der Waals surface area contributed by atoms with Gasteiger partial charge >= 0.3 is 6.18 Å². The first-order valence-corrected chi connectivity index (χ1v) is 10.1.